The first-order chi connectivity index (χ1) is 5.91. The van der Waals surface area contributed by atoms with Crippen molar-refractivity contribution in [1.82, 2.24) is 4.90 Å². The van der Waals surface area contributed by atoms with Crippen molar-refractivity contribution in [3.05, 3.63) is 0 Å². The number of rotatable bonds is 4. The lowest BCUT2D eigenvalue weighted by Crippen LogP contribution is -2.42. The topological polar surface area (TPSA) is 20.3 Å². The molecular weight excluding hydrogens is 230 g/mol. The van der Waals surface area contributed by atoms with Gasteiger partial charge in [0, 0.05) is 12.6 Å². The average Bonchev–Trinajstić information content (AvgIpc) is 2.03. The molecule has 0 spiro atoms. The van der Waals surface area contributed by atoms with Crippen LogP contribution in [0.15, 0.2) is 0 Å². The zero-order chi connectivity index (χ0) is 10.6. The van der Waals surface area contributed by atoms with Gasteiger partial charge in [-0.25, -0.2) is 0 Å². The molecule has 0 aromatic carbocycles. The molecule has 0 rings (SSSR count). The van der Waals surface area contributed by atoms with Gasteiger partial charge in [0.05, 0.1) is 4.83 Å². The Hall–Kier alpha value is -0.0500. The fourth-order valence-electron chi connectivity index (χ4n) is 1.22. The highest BCUT2D eigenvalue weighted by molar-refractivity contribution is 9.10. The van der Waals surface area contributed by atoms with E-state index in [4.69, 9.17) is 0 Å². The van der Waals surface area contributed by atoms with E-state index in [-0.39, 0.29) is 16.8 Å². The Labute approximate surface area is 89.8 Å². The molecule has 0 aliphatic heterocycles. The van der Waals surface area contributed by atoms with Gasteiger partial charge in [0.2, 0.25) is 5.91 Å². The van der Waals surface area contributed by atoms with Gasteiger partial charge in [0.15, 0.2) is 0 Å². The molecule has 3 heteroatoms. The maximum Gasteiger partial charge on any atom is 0.236 e. The lowest BCUT2D eigenvalue weighted by molar-refractivity contribution is -0.132. The summed E-state index contributed by atoms with van der Waals surface area (Å²) in [5.74, 6) is 0.549. The molecule has 0 heterocycles. The number of amides is 1. The van der Waals surface area contributed by atoms with E-state index in [1.807, 2.05) is 39.5 Å². The summed E-state index contributed by atoms with van der Waals surface area (Å²) in [5.41, 5.74) is 0. The lowest BCUT2D eigenvalue weighted by Gasteiger charge is -2.28. The minimum atomic E-state index is -0.0464. The van der Waals surface area contributed by atoms with Crippen molar-refractivity contribution in [3.63, 3.8) is 0 Å². The van der Waals surface area contributed by atoms with Crippen molar-refractivity contribution in [3.8, 4) is 0 Å². The van der Waals surface area contributed by atoms with Crippen LogP contribution in [-0.2, 0) is 4.79 Å². The van der Waals surface area contributed by atoms with Gasteiger partial charge >= 0.3 is 0 Å². The normalized spacial score (nSPS) is 13.5. The predicted octanol–water partition coefficient (Wildman–Crippen LogP) is 2.66. The fraction of sp³-hybridized carbons (Fsp3) is 0.900. The SMILES string of the molecule is CCN(C(=O)C(Br)C(C)C)C(C)C. The molecule has 13 heavy (non-hydrogen) atoms. The van der Waals surface area contributed by atoms with Gasteiger partial charge < -0.3 is 4.90 Å². The molecule has 1 amide bonds. The second kappa shape index (κ2) is 5.63. The van der Waals surface area contributed by atoms with Crippen LogP contribution in [0.25, 0.3) is 0 Å². The summed E-state index contributed by atoms with van der Waals surface area (Å²) >= 11 is 3.43. The third-order valence-corrected chi connectivity index (χ3v) is 3.52. The van der Waals surface area contributed by atoms with E-state index in [0.29, 0.717) is 5.92 Å². The Morgan fingerprint density at radius 3 is 2.00 bits per heavy atom. The molecule has 0 N–H and O–H groups in total. The Kier molecular flexibility index (Phi) is 5.61. The van der Waals surface area contributed by atoms with Crippen LogP contribution in [0.2, 0.25) is 0 Å². The van der Waals surface area contributed by atoms with Crippen LogP contribution in [0.5, 0.6) is 0 Å². The highest BCUT2D eigenvalue weighted by atomic mass is 79.9. The summed E-state index contributed by atoms with van der Waals surface area (Å²) in [6.07, 6.45) is 0. The van der Waals surface area contributed by atoms with Gasteiger partial charge in [0.1, 0.15) is 0 Å². The summed E-state index contributed by atoms with van der Waals surface area (Å²) in [6.45, 7) is 11.0. The molecule has 78 valence electrons. The third-order valence-electron chi connectivity index (χ3n) is 2.07. The molecule has 0 saturated heterocycles. The van der Waals surface area contributed by atoms with E-state index in [9.17, 15) is 4.79 Å². The Morgan fingerprint density at radius 2 is 1.77 bits per heavy atom. The van der Waals surface area contributed by atoms with Crippen molar-refractivity contribution < 1.29 is 4.79 Å². The molecule has 1 unspecified atom stereocenters. The Bertz CT molecular complexity index is 168. The molecule has 2 nitrogen and oxygen atoms in total. The van der Waals surface area contributed by atoms with Crippen molar-refractivity contribution in [2.24, 2.45) is 5.92 Å². The predicted molar refractivity (Wildman–Crippen MR) is 60.1 cm³/mol. The van der Waals surface area contributed by atoms with Crippen LogP contribution < -0.4 is 0 Å². The van der Waals surface area contributed by atoms with Gasteiger partial charge in [-0.15, -0.1) is 0 Å². The summed E-state index contributed by atoms with van der Waals surface area (Å²) in [4.78, 5) is 13.7. The Balaban J connectivity index is 4.37. The van der Waals surface area contributed by atoms with Crippen LogP contribution >= 0.6 is 15.9 Å². The fourth-order valence-corrected chi connectivity index (χ4v) is 1.48. The number of nitrogens with zero attached hydrogens (tertiary/aromatic N) is 1. The zero-order valence-corrected chi connectivity index (χ0v) is 10.8. The van der Waals surface area contributed by atoms with E-state index in [0.717, 1.165) is 6.54 Å². The van der Waals surface area contributed by atoms with Crippen LogP contribution in [0.1, 0.15) is 34.6 Å². The largest absolute Gasteiger partial charge is 0.340 e. The maximum absolute atomic E-state index is 11.8. The van der Waals surface area contributed by atoms with Crippen LogP contribution in [0, 0.1) is 5.92 Å². The summed E-state index contributed by atoms with van der Waals surface area (Å²) in [7, 11) is 0. The first-order valence-corrected chi connectivity index (χ1v) is 5.77. The van der Waals surface area contributed by atoms with E-state index in [2.05, 4.69) is 15.9 Å². The average molecular weight is 250 g/mol. The standard InChI is InChI=1S/C10H20BrNO/c1-6-12(8(4)5)10(13)9(11)7(2)3/h7-9H,6H2,1-5H3. The molecule has 1 atom stereocenters. The van der Waals surface area contributed by atoms with E-state index in [1.54, 1.807) is 0 Å². The van der Waals surface area contributed by atoms with Gasteiger partial charge in [-0.3, -0.25) is 4.79 Å². The van der Waals surface area contributed by atoms with Crippen LogP contribution in [0.3, 0.4) is 0 Å². The number of carbonyl (C=O) groups is 1. The monoisotopic (exact) mass is 249 g/mol. The van der Waals surface area contributed by atoms with Gasteiger partial charge in [-0.05, 0) is 26.7 Å². The number of carbonyl (C=O) groups excluding carboxylic acids is 1. The molecule has 0 aliphatic carbocycles. The molecule has 0 radical (unpaired) electrons. The molecular formula is C10H20BrNO. The van der Waals surface area contributed by atoms with Gasteiger partial charge in [-0.1, -0.05) is 29.8 Å². The minimum Gasteiger partial charge on any atom is -0.340 e. The summed E-state index contributed by atoms with van der Waals surface area (Å²) in [5, 5.41) is 0. The molecule has 0 saturated carbocycles. The summed E-state index contributed by atoms with van der Waals surface area (Å²) < 4.78 is 0. The van der Waals surface area contributed by atoms with E-state index < -0.39 is 0 Å². The minimum absolute atomic E-state index is 0.0464. The lowest BCUT2D eigenvalue weighted by atomic mass is 10.1. The van der Waals surface area contributed by atoms with Crippen LogP contribution in [-0.4, -0.2) is 28.2 Å². The third kappa shape index (κ3) is 3.67. The number of alkyl halides is 1. The van der Waals surface area contributed by atoms with Gasteiger partial charge in [-0.2, -0.15) is 0 Å². The summed E-state index contributed by atoms with van der Waals surface area (Å²) in [6, 6.07) is 0.288. The number of hydrogen-bond acceptors (Lipinski definition) is 1. The maximum atomic E-state index is 11.8. The van der Waals surface area contributed by atoms with Crippen molar-refractivity contribution in [2.45, 2.75) is 45.5 Å². The highest BCUT2D eigenvalue weighted by Crippen LogP contribution is 2.16. The quantitative estimate of drug-likeness (QED) is 0.702. The molecule has 0 aromatic rings. The molecule has 0 bridgehead atoms. The highest BCUT2D eigenvalue weighted by Gasteiger charge is 2.24. The van der Waals surface area contributed by atoms with Crippen molar-refractivity contribution in [1.29, 1.82) is 0 Å². The van der Waals surface area contributed by atoms with E-state index >= 15 is 0 Å². The first-order valence-electron chi connectivity index (χ1n) is 4.86. The van der Waals surface area contributed by atoms with E-state index in [1.165, 1.54) is 0 Å². The van der Waals surface area contributed by atoms with Crippen molar-refractivity contribution in [2.75, 3.05) is 6.54 Å². The number of halogens is 1. The first kappa shape index (κ1) is 12.9. The number of hydrogen-bond donors (Lipinski definition) is 0. The molecule has 0 aliphatic rings. The second-order valence-electron chi connectivity index (χ2n) is 3.86. The molecule has 0 aromatic heterocycles. The van der Waals surface area contributed by atoms with Gasteiger partial charge in [0.25, 0.3) is 0 Å². The smallest absolute Gasteiger partial charge is 0.236 e. The second-order valence-corrected chi connectivity index (χ2v) is 4.85. The van der Waals surface area contributed by atoms with Crippen LogP contribution in [0.4, 0.5) is 0 Å². The molecule has 0 fully saturated rings. The zero-order valence-electron chi connectivity index (χ0n) is 9.17. The van der Waals surface area contributed by atoms with Crippen molar-refractivity contribution >= 4 is 21.8 Å². The Morgan fingerprint density at radius 1 is 1.31 bits per heavy atom.